The van der Waals surface area contributed by atoms with Crippen LogP contribution in [0.1, 0.15) is 39.3 Å². The lowest BCUT2D eigenvalue weighted by molar-refractivity contribution is -0.144. The summed E-state index contributed by atoms with van der Waals surface area (Å²) in [7, 11) is 0. The van der Waals surface area contributed by atoms with Crippen LogP contribution in [-0.4, -0.2) is 49.1 Å². The lowest BCUT2D eigenvalue weighted by Crippen LogP contribution is -2.52. The third kappa shape index (κ3) is 6.39. The maximum atomic E-state index is 14.5. The van der Waals surface area contributed by atoms with E-state index in [1.165, 1.54) is 11.6 Å². The molecular weight excluding hydrogens is 550 g/mol. The average molecular weight is 586 g/mol. The molecule has 1 aliphatic rings. The minimum Gasteiger partial charge on any atom is -0.361 e. The smallest absolute Gasteiger partial charge is 0.247 e. The van der Waals surface area contributed by atoms with Gasteiger partial charge in [0.05, 0.1) is 11.4 Å². The summed E-state index contributed by atoms with van der Waals surface area (Å²) in [6.45, 7) is 5.05. The monoisotopic (exact) mass is 585 g/mol. The van der Waals surface area contributed by atoms with E-state index in [0.717, 1.165) is 34.4 Å². The molecule has 222 valence electrons. The van der Waals surface area contributed by atoms with Crippen molar-refractivity contribution in [3.8, 4) is 5.69 Å². The molecule has 1 atom stereocenters. The topological polar surface area (TPSA) is 84.5 Å². The van der Waals surface area contributed by atoms with Crippen LogP contribution in [-0.2, 0) is 35.5 Å². The molecule has 8 nitrogen and oxygen atoms in total. The van der Waals surface area contributed by atoms with Crippen molar-refractivity contribution in [3.05, 3.63) is 143 Å². The Balaban J connectivity index is 1.35. The maximum Gasteiger partial charge on any atom is 0.247 e. The molecule has 0 fully saturated rings. The summed E-state index contributed by atoms with van der Waals surface area (Å²) in [5, 5.41) is 8.33. The van der Waals surface area contributed by atoms with E-state index in [1.54, 1.807) is 21.9 Å². The number of benzene rings is 3. The van der Waals surface area contributed by atoms with E-state index < -0.39 is 6.04 Å². The number of amides is 2. The molecular formula is C36H35N5O3. The van der Waals surface area contributed by atoms with Gasteiger partial charge in [-0.25, -0.2) is 4.68 Å². The van der Waals surface area contributed by atoms with Gasteiger partial charge in [-0.3, -0.25) is 9.59 Å². The van der Waals surface area contributed by atoms with Gasteiger partial charge in [-0.15, -0.1) is 0 Å². The van der Waals surface area contributed by atoms with Crippen LogP contribution in [0.4, 0.5) is 0 Å². The normalized spacial score (nSPS) is 13.5. The van der Waals surface area contributed by atoms with Gasteiger partial charge in [0, 0.05) is 50.1 Å². The van der Waals surface area contributed by atoms with E-state index in [9.17, 15) is 9.59 Å². The fraction of sp³-hybridized carbons (Fsp3) is 0.222. The Hall–Kier alpha value is -5.24. The first-order valence-corrected chi connectivity index (χ1v) is 14.9. The predicted octanol–water partition coefficient (Wildman–Crippen LogP) is 5.72. The first-order valence-electron chi connectivity index (χ1n) is 14.9. The minimum atomic E-state index is -0.713. The van der Waals surface area contributed by atoms with E-state index in [1.807, 2.05) is 97.7 Å². The molecule has 0 N–H and O–H groups in total. The second-order valence-corrected chi connectivity index (χ2v) is 11.1. The first kappa shape index (κ1) is 28.9. The molecule has 0 bridgehead atoms. The van der Waals surface area contributed by atoms with E-state index in [0.29, 0.717) is 31.0 Å². The molecule has 3 heterocycles. The van der Waals surface area contributed by atoms with Crippen molar-refractivity contribution in [2.75, 3.05) is 6.54 Å². The molecule has 0 radical (unpaired) electrons. The lowest BCUT2D eigenvalue weighted by atomic mass is 9.97. The van der Waals surface area contributed by atoms with E-state index in [2.05, 4.69) is 22.4 Å². The number of aryl methyl sites for hydroxylation is 2. The molecule has 0 aliphatic carbocycles. The van der Waals surface area contributed by atoms with Gasteiger partial charge in [0.15, 0.2) is 0 Å². The molecule has 1 aliphatic heterocycles. The summed E-state index contributed by atoms with van der Waals surface area (Å²) in [6, 6.07) is 27.2. The van der Waals surface area contributed by atoms with E-state index in [-0.39, 0.29) is 18.4 Å². The molecule has 5 aromatic rings. The van der Waals surface area contributed by atoms with Crippen molar-refractivity contribution in [2.24, 2.45) is 0 Å². The summed E-state index contributed by atoms with van der Waals surface area (Å²) < 4.78 is 7.09. The number of fused-ring (bicyclic) bond motifs is 1. The average Bonchev–Trinajstić information content (AvgIpc) is 3.71. The SMILES string of the molecule is Cc1noc(C)c1C=CC(=O)N(Cc1ccc(-n2cccn2)cc1)C(Cc1ccccc1)C(=O)N1CCc2ccccc2C1. The molecule has 1 unspecified atom stereocenters. The van der Waals surface area contributed by atoms with Crippen LogP contribution >= 0.6 is 0 Å². The van der Waals surface area contributed by atoms with Gasteiger partial charge in [-0.1, -0.05) is 71.9 Å². The van der Waals surface area contributed by atoms with Crippen molar-refractivity contribution < 1.29 is 14.1 Å². The zero-order chi connectivity index (χ0) is 30.5. The van der Waals surface area contributed by atoms with Crippen LogP contribution in [0.15, 0.2) is 108 Å². The fourth-order valence-corrected chi connectivity index (χ4v) is 5.76. The zero-order valence-electron chi connectivity index (χ0n) is 25.0. The van der Waals surface area contributed by atoms with Gasteiger partial charge >= 0.3 is 0 Å². The highest BCUT2D eigenvalue weighted by molar-refractivity contribution is 5.96. The van der Waals surface area contributed by atoms with Crippen molar-refractivity contribution in [3.63, 3.8) is 0 Å². The van der Waals surface area contributed by atoms with Crippen molar-refractivity contribution >= 4 is 17.9 Å². The Bertz CT molecular complexity index is 1740. The van der Waals surface area contributed by atoms with Crippen molar-refractivity contribution in [1.82, 2.24) is 24.7 Å². The van der Waals surface area contributed by atoms with Gasteiger partial charge in [0.2, 0.25) is 11.8 Å². The number of carbonyl (C=O) groups excluding carboxylic acids is 2. The van der Waals surface area contributed by atoms with E-state index in [4.69, 9.17) is 4.52 Å². The number of hydrogen-bond acceptors (Lipinski definition) is 5. The molecule has 2 aromatic heterocycles. The highest BCUT2D eigenvalue weighted by Gasteiger charge is 2.34. The quantitative estimate of drug-likeness (QED) is 0.207. The number of nitrogens with zero attached hydrogens (tertiary/aromatic N) is 5. The summed E-state index contributed by atoms with van der Waals surface area (Å²) >= 11 is 0. The van der Waals surface area contributed by atoms with Crippen LogP contribution in [0.5, 0.6) is 0 Å². The van der Waals surface area contributed by atoms with Gasteiger partial charge in [0.25, 0.3) is 0 Å². The van der Waals surface area contributed by atoms with Crippen LogP contribution in [0.25, 0.3) is 11.8 Å². The predicted molar refractivity (Wildman–Crippen MR) is 169 cm³/mol. The Labute approximate surface area is 257 Å². The van der Waals surface area contributed by atoms with Gasteiger partial charge in [0.1, 0.15) is 11.8 Å². The van der Waals surface area contributed by atoms with Crippen molar-refractivity contribution in [1.29, 1.82) is 0 Å². The number of rotatable bonds is 9. The van der Waals surface area contributed by atoms with Crippen LogP contribution < -0.4 is 0 Å². The minimum absolute atomic E-state index is 0.0596. The molecule has 0 spiro atoms. The van der Waals surface area contributed by atoms with Crippen LogP contribution in [0.3, 0.4) is 0 Å². The largest absolute Gasteiger partial charge is 0.361 e. The highest BCUT2D eigenvalue weighted by Crippen LogP contribution is 2.24. The maximum absolute atomic E-state index is 14.5. The molecule has 8 heteroatoms. The number of hydrogen-bond donors (Lipinski definition) is 0. The van der Waals surface area contributed by atoms with Gasteiger partial charge in [-0.2, -0.15) is 5.10 Å². The molecule has 3 aromatic carbocycles. The summed E-state index contributed by atoms with van der Waals surface area (Å²) in [4.78, 5) is 32.2. The Kier molecular flexibility index (Phi) is 8.50. The second kappa shape index (κ2) is 13.0. The third-order valence-corrected chi connectivity index (χ3v) is 8.20. The molecule has 2 amide bonds. The highest BCUT2D eigenvalue weighted by atomic mass is 16.5. The van der Waals surface area contributed by atoms with Crippen LogP contribution in [0.2, 0.25) is 0 Å². The van der Waals surface area contributed by atoms with Gasteiger partial charge < -0.3 is 14.3 Å². The number of carbonyl (C=O) groups is 2. The summed E-state index contributed by atoms with van der Waals surface area (Å²) in [6.07, 6.45) is 8.07. The zero-order valence-corrected chi connectivity index (χ0v) is 25.0. The summed E-state index contributed by atoms with van der Waals surface area (Å²) in [5.41, 5.74) is 6.70. The molecule has 0 saturated carbocycles. The Morgan fingerprint density at radius 2 is 1.68 bits per heavy atom. The molecule has 44 heavy (non-hydrogen) atoms. The fourth-order valence-electron chi connectivity index (χ4n) is 5.76. The van der Waals surface area contributed by atoms with Gasteiger partial charge in [-0.05, 0) is 66.8 Å². The lowest BCUT2D eigenvalue weighted by Gasteiger charge is -2.37. The van der Waals surface area contributed by atoms with E-state index >= 15 is 0 Å². The second-order valence-electron chi connectivity index (χ2n) is 11.1. The standard InChI is InChI=1S/C36H35N5O3/c1-26-33(27(2)44-38-26)17-18-35(42)40(24-29-13-15-32(16-14-29)41-21-8-20-37-41)34(23-28-9-4-3-5-10-28)36(43)39-22-19-30-11-6-7-12-31(30)25-39/h3-18,20-21,34H,19,22-25H2,1-2H3. The molecule has 0 saturated heterocycles. The Morgan fingerprint density at radius 3 is 2.39 bits per heavy atom. The Morgan fingerprint density at radius 1 is 0.932 bits per heavy atom. The first-order chi connectivity index (χ1) is 21.5. The van der Waals surface area contributed by atoms with Crippen molar-refractivity contribution in [2.45, 2.75) is 45.8 Å². The third-order valence-electron chi connectivity index (χ3n) is 8.20. The summed E-state index contributed by atoms with van der Waals surface area (Å²) in [5.74, 6) is 0.319. The number of aromatic nitrogens is 3. The van der Waals surface area contributed by atoms with Crippen LogP contribution in [0, 0.1) is 13.8 Å². The molecule has 6 rings (SSSR count).